The van der Waals surface area contributed by atoms with Crippen molar-refractivity contribution in [1.82, 2.24) is 14.3 Å². The molecule has 9 heteroatoms. The fourth-order valence-electron chi connectivity index (χ4n) is 2.41. The Hall–Kier alpha value is -1.97. The number of aliphatic hydroxyl groups is 2. The molecule has 2 aromatic heterocycles. The lowest BCUT2D eigenvalue weighted by Gasteiger charge is -2.28. The highest BCUT2D eigenvalue weighted by Crippen LogP contribution is 2.19. The fourth-order valence-corrected chi connectivity index (χ4v) is 3.18. The van der Waals surface area contributed by atoms with E-state index in [9.17, 15) is 23.4 Å². The third-order valence-electron chi connectivity index (χ3n) is 3.57. The Morgan fingerprint density at radius 1 is 1.38 bits per heavy atom. The molecule has 0 bridgehead atoms. The van der Waals surface area contributed by atoms with Crippen molar-refractivity contribution in [2.24, 2.45) is 0 Å². The van der Waals surface area contributed by atoms with Crippen molar-refractivity contribution in [3.05, 3.63) is 30.1 Å². The van der Waals surface area contributed by atoms with Gasteiger partial charge in [-0.25, -0.2) is 13.4 Å². The number of sulfone groups is 1. The van der Waals surface area contributed by atoms with Gasteiger partial charge < -0.3 is 15.1 Å². The van der Waals surface area contributed by atoms with Gasteiger partial charge in [0.25, 0.3) is 5.91 Å². The number of rotatable bonds is 6. The number of hydrogen-bond donors (Lipinski definition) is 2. The van der Waals surface area contributed by atoms with Gasteiger partial charge >= 0.3 is 0 Å². The van der Waals surface area contributed by atoms with Crippen LogP contribution >= 0.6 is 0 Å². The number of amides is 1. The molecule has 132 valence electrons. The second-order valence-corrected chi connectivity index (χ2v) is 7.72. The molecule has 2 aromatic rings. The van der Waals surface area contributed by atoms with Crippen molar-refractivity contribution in [1.29, 1.82) is 0 Å². The summed E-state index contributed by atoms with van der Waals surface area (Å²) in [6.45, 7) is 2.87. The smallest absolute Gasteiger partial charge is 0.275 e. The Labute approximate surface area is 140 Å². The molecule has 8 nitrogen and oxygen atoms in total. The van der Waals surface area contributed by atoms with Crippen LogP contribution in [0.25, 0.3) is 5.52 Å². The molecule has 2 rings (SSSR count). The molecule has 0 aromatic carbocycles. The summed E-state index contributed by atoms with van der Waals surface area (Å²) in [5, 5.41) is 18.8. The Morgan fingerprint density at radius 3 is 2.58 bits per heavy atom. The van der Waals surface area contributed by atoms with E-state index in [1.54, 1.807) is 25.1 Å². The number of hydrogen-bond acceptors (Lipinski definition) is 6. The van der Waals surface area contributed by atoms with E-state index in [0.29, 0.717) is 5.52 Å². The van der Waals surface area contributed by atoms with Crippen LogP contribution in [0.5, 0.6) is 0 Å². The minimum absolute atomic E-state index is 0.000617. The lowest BCUT2D eigenvalue weighted by molar-refractivity contribution is 0.0469. The number of carbonyl (C=O) groups is 1. The van der Waals surface area contributed by atoms with Crippen LogP contribution in [0, 0.1) is 0 Å². The zero-order chi connectivity index (χ0) is 18.1. The van der Waals surface area contributed by atoms with Gasteiger partial charge in [-0.05, 0) is 26.0 Å². The molecule has 0 saturated heterocycles. The third kappa shape index (κ3) is 3.58. The number of imidazole rings is 1. The number of pyridine rings is 1. The van der Waals surface area contributed by atoms with E-state index in [2.05, 4.69) is 4.98 Å². The maximum absolute atomic E-state index is 12.9. The molecule has 0 aliphatic carbocycles. The van der Waals surface area contributed by atoms with Crippen molar-refractivity contribution in [3.8, 4) is 0 Å². The van der Waals surface area contributed by atoms with Crippen molar-refractivity contribution in [2.75, 3.05) is 19.4 Å². The van der Waals surface area contributed by atoms with E-state index >= 15 is 0 Å². The molecule has 2 N–H and O–H groups in total. The number of nitrogens with zero attached hydrogens (tertiary/aromatic N) is 3. The van der Waals surface area contributed by atoms with Gasteiger partial charge in [0.2, 0.25) is 15.0 Å². The quantitative estimate of drug-likeness (QED) is 0.751. The molecule has 1 amide bonds. The minimum Gasteiger partial charge on any atom is -0.394 e. The van der Waals surface area contributed by atoms with Crippen LogP contribution in [-0.2, 0) is 9.84 Å². The van der Waals surface area contributed by atoms with Crippen LogP contribution < -0.4 is 0 Å². The summed E-state index contributed by atoms with van der Waals surface area (Å²) in [5.74, 6) is -0.545. The van der Waals surface area contributed by atoms with Gasteiger partial charge in [0.05, 0.1) is 24.3 Å². The lowest BCUT2D eigenvalue weighted by atomic mass is 10.2. The summed E-state index contributed by atoms with van der Waals surface area (Å²) in [6.07, 6.45) is 1.74. The average molecular weight is 355 g/mol. The molecule has 2 atom stereocenters. The summed E-state index contributed by atoms with van der Waals surface area (Å²) in [7, 11) is -3.63. The van der Waals surface area contributed by atoms with Gasteiger partial charge in [0, 0.05) is 19.0 Å². The Bertz CT molecular complexity index is 844. The van der Waals surface area contributed by atoms with E-state index in [0.717, 1.165) is 6.26 Å². The van der Waals surface area contributed by atoms with Crippen LogP contribution in [-0.4, -0.2) is 70.4 Å². The Balaban J connectivity index is 2.60. The maximum Gasteiger partial charge on any atom is 0.275 e. The van der Waals surface area contributed by atoms with Crippen LogP contribution in [0.15, 0.2) is 29.6 Å². The Kier molecular flexibility index (Phi) is 5.26. The largest absolute Gasteiger partial charge is 0.394 e. The van der Waals surface area contributed by atoms with Gasteiger partial charge in [-0.2, -0.15) is 0 Å². The van der Waals surface area contributed by atoms with E-state index in [1.807, 2.05) is 0 Å². The number of aromatic nitrogens is 2. The van der Waals surface area contributed by atoms with Crippen LogP contribution in [0.2, 0.25) is 0 Å². The summed E-state index contributed by atoms with van der Waals surface area (Å²) >= 11 is 0. The average Bonchev–Trinajstić information content (AvgIpc) is 2.91. The molecular formula is C15H21N3O5S. The number of aliphatic hydroxyl groups excluding tert-OH is 2. The first-order chi connectivity index (χ1) is 11.2. The lowest BCUT2D eigenvalue weighted by Crippen LogP contribution is -2.44. The number of carbonyl (C=O) groups excluding carboxylic acids is 1. The molecule has 0 spiro atoms. The highest BCUT2D eigenvalue weighted by Gasteiger charge is 2.29. The summed E-state index contributed by atoms with van der Waals surface area (Å²) in [5.41, 5.74) is 0.320. The zero-order valence-corrected chi connectivity index (χ0v) is 14.6. The van der Waals surface area contributed by atoms with E-state index in [1.165, 1.54) is 22.4 Å². The zero-order valence-electron chi connectivity index (χ0n) is 13.7. The fraction of sp³-hybridized carbons (Fsp3) is 0.467. The molecule has 0 unspecified atom stereocenters. The summed E-state index contributed by atoms with van der Waals surface area (Å²) in [4.78, 5) is 18.2. The van der Waals surface area contributed by atoms with Gasteiger partial charge in [-0.15, -0.1) is 0 Å². The van der Waals surface area contributed by atoms with E-state index in [4.69, 9.17) is 0 Å². The van der Waals surface area contributed by atoms with Crippen LogP contribution in [0.3, 0.4) is 0 Å². The standard InChI is InChI=1S/C15H21N3O5S/c1-10(9-19)18(8-11(2)20)14(21)13-12-6-4-5-7-17(12)15(16-13)24(3,22)23/h4-7,10-11,19-20H,8-9H2,1-3H3/t10-,11-/m1/s1. The van der Waals surface area contributed by atoms with Crippen LogP contribution in [0.1, 0.15) is 24.3 Å². The predicted molar refractivity (Wildman–Crippen MR) is 87.6 cm³/mol. The molecule has 0 radical (unpaired) electrons. The van der Waals surface area contributed by atoms with Crippen LogP contribution in [0.4, 0.5) is 0 Å². The Morgan fingerprint density at radius 2 is 2.04 bits per heavy atom. The predicted octanol–water partition coefficient (Wildman–Crippen LogP) is -0.0584. The minimum atomic E-state index is -3.63. The summed E-state index contributed by atoms with van der Waals surface area (Å²) < 4.78 is 25.2. The monoisotopic (exact) mass is 355 g/mol. The highest BCUT2D eigenvalue weighted by molar-refractivity contribution is 7.90. The second-order valence-electron chi connectivity index (χ2n) is 5.81. The second kappa shape index (κ2) is 6.88. The molecule has 24 heavy (non-hydrogen) atoms. The van der Waals surface area contributed by atoms with E-state index < -0.39 is 27.9 Å². The molecule has 0 aliphatic rings. The first-order valence-corrected chi connectivity index (χ1v) is 9.33. The van der Waals surface area contributed by atoms with Crippen molar-refractivity contribution >= 4 is 21.3 Å². The van der Waals surface area contributed by atoms with Gasteiger partial charge in [0.1, 0.15) is 0 Å². The first-order valence-electron chi connectivity index (χ1n) is 7.43. The van der Waals surface area contributed by atoms with Crippen molar-refractivity contribution < 1.29 is 23.4 Å². The molecular weight excluding hydrogens is 334 g/mol. The normalized spacial score (nSPS) is 14.5. The van der Waals surface area contributed by atoms with Crippen molar-refractivity contribution in [3.63, 3.8) is 0 Å². The van der Waals surface area contributed by atoms with Gasteiger partial charge in [0.15, 0.2) is 5.69 Å². The van der Waals surface area contributed by atoms with Crippen molar-refractivity contribution in [2.45, 2.75) is 31.1 Å². The topological polar surface area (TPSA) is 112 Å². The maximum atomic E-state index is 12.9. The third-order valence-corrected chi connectivity index (χ3v) is 4.52. The van der Waals surface area contributed by atoms with Gasteiger partial charge in [-0.1, -0.05) is 6.07 Å². The SMILES string of the molecule is C[C@H](CO)N(C[C@@H](C)O)C(=O)c1nc(S(C)(=O)=O)n2ccccc12. The molecule has 0 saturated carbocycles. The molecule has 0 aliphatic heterocycles. The number of fused-ring (bicyclic) bond motifs is 1. The van der Waals surface area contributed by atoms with E-state index in [-0.39, 0.29) is 24.0 Å². The molecule has 0 fully saturated rings. The molecule has 2 heterocycles. The summed E-state index contributed by atoms with van der Waals surface area (Å²) in [6, 6.07) is 4.36. The van der Waals surface area contributed by atoms with Gasteiger partial charge in [-0.3, -0.25) is 9.20 Å². The first kappa shape index (κ1) is 18.4. The highest BCUT2D eigenvalue weighted by atomic mass is 32.2.